The highest BCUT2D eigenvalue weighted by molar-refractivity contribution is 4.31. The minimum absolute atomic E-state index is 0. The van der Waals surface area contributed by atoms with Gasteiger partial charge in [0.15, 0.2) is 0 Å². The van der Waals surface area contributed by atoms with Gasteiger partial charge in [-0.1, -0.05) is 7.43 Å². The Hall–Kier alpha value is -0.0400. The maximum absolute atomic E-state index is 2.27. The quantitative estimate of drug-likeness (QED) is 0.535. The van der Waals surface area contributed by atoms with Crippen molar-refractivity contribution in [2.75, 3.05) is 26.2 Å². The van der Waals surface area contributed by atoms with Crippen molar-refractivity contribution in [3.05, 3.63) is 0 Å². The Bertz CT molecular complexity index is 47.6. The van der Waals surface area contributed by atoms with Gasteiger partial charge in [0.2, 0.25) is 0 Å². The number of quaternary nitrogens is 1. The van der Waals surface area contributed by atoms with Crippen LogP contribution in [-0.2, 0) is 0 Å². The summed E-state index contributed by atoms with van der Waals surface area (Å²) in [5.41, 5.74) is 0. The molecule has 0 aromatic rings. The van der Waals surface area contributed by atoms with Gasteiger partial charge in [-0.25, -0.2) is 0 Å². The second-order valence-electron chi connectivity index (χ2n) is 2.61. The SMILES string of the molecule is C.CC[N+](CC)(CC)CC. The molecular weight excluding hydrogens is 122 g/mol. The summed E-state index contributed by atoms with van der Waals surface area (Å²) in [5, 5.41) is 0. The van der Waals surface area contributed by atoms with Gasteiger partial charge in [0.25, 0.3) is 0 Å². The highest BCUT2D eigenvalue weighted by Crippen LogP contribution is 2.03. The fourth-order valence-corrected chi connectivity index (χ4v) is 1.34. The Morgan fingerprint density at radius 1 is 0.700 bits per heavy atom. The molecule has 0 fully saturated rings. The van der Waals surface area contributed by atoms with Crippen LogP contribution >= 0.6 is 0 Å². The topological polar surface area (TPSA) is 0 Å². The summed E-state index contributed by atoms with van der Waals surface area (Å²) in [6.07, 6.45) is 0. The summed E-state index contributed by atoms with van der Waals surface area (Å²) in [4.78, 5) is 0. The molecule has 0 saturated heterocycles. The van der Waals surface area contributed by atoms with Gasteiger partial charge >= 0.3 is 0 Å². The van der Waals surface area contributed by atoms with E-state index in [4.69, 9.17) is 0 Å². The van der Waals surface area contributed by atoms with E-state index < -0.39 is 0 Å². The molecule has 10 heavy (non-hydrogen) atoms. The Balaban J connectivity index is 0. The first-order valence-electron chi connectivity index (χ1n) is 4.09. The molecule has 0 N–H and O–H groups in total. The van der Waals surface area contributed by atoms with Gasteiger partial charge in [-0.15, -0.1) is 0 Å². The first kappa shape index (κ1) is 12.6. The largest absolute Gasteiger partial charge is 0.325 e. The Morgan fingerprint density at radius 3 is 0.900 bits per heavy atom. The van der Waals surface area contributed by atoms with E-state index in [2.05, 4.69) is 27.7 Å². The molecule has 0 unspecified atom stereocenters. The van der Waals surface area contributed by atoms with E-state index >= 15 is 0 Å². The summed E-state index contributed by atoms with van der Waals surface area (Å²) in [6.45, 7) is 14.2. The summed E-state index contributed by atoms with van der Waals surface area (Å²) >= 11 is 0. The zero-order valence-corrected chi connectivity index (χ0v) is 7.28. The molecule has 0 spiro atoms. The second kappa shape index (κ2) is 5.72. The van der Waals surface area contributed by atoms with Crippen molar-refractivity contribution in [3.63, 3.8) is 0 Å². The molecule has 0 aromatic carbocycles. The summed E-state index contributed by atoms with van der Waals surface area (Å²) < 4.78 is 1.28. The van der Waals surface area contributed by atoms with Crippen molar-refractivity contribution in [2.24, 2.45) is 0 Å². The van der Waals surface area contributed by atoms with Crippen LogP contribution in [0, 0.1) is 0 Å². The third-order valence-electron chi connectivity index (χ3n) is 2.68. The molecule has 0 aromatic heterocycles. The van der Waals surface area contributed by atoms with Crippen LogP contribution in [-0.4, -0.2) is 30.7 Å². The number of nitrogens with zero attached hydrogens (tertiary/aromatic N) is 1. The predicted octanol–water partition coefficient (Wildman–Crippen LogP) is 2.52. The molecule has 0 aliphatic carbocycles. The van der Waals surface area contributed by atoms with Crippen LogP contribution < -0.4 is 0 Å². The fraction of sp³-hybridized carbons (Fsp3) is 1.00. The van der Waals surface area contributed by atoms with Gasteiger partial charge < -0.3 is 4.48 Å². The molecule has 1 heteroatoms. The Morgan fingerprint density at radius 2 is 0.900 bits per heavy atom. The molecule has 0 bridgehead atoms. The minimum atomic E-state index is 0. The predicted molar refractivity (Wildman–Crippen MR) is 49.2 cm³/mol. The molecule has 0 rings (SSSR count). The Labute approximate surface area is 66.6 Å². The third kappa shape index (κ3) is 2.70. The lowest BCUT2D eigenvalue weighted by Crippen LogP contribution is -2.47. The van der Waals surface area contributed by atoms with E-state index in [9.17, 15) is 0 Å². The lowest BCUT2D eigenvalue weighted by molar-refractivity contribution is -0.921. The van der Waals surface area contributed by atoms with Crippen molar-refractivity contribution < 1.29 is 4.48 Å². The van der Waals surface area contributed by atoms with E-state index in [1.807, 2.05) is 0 Å². The van der Waals surface area contributed by atoms with Crippen LogP contribution in [0.15, 0.2) is 0 Å². The van der Waals surface area contributed by atoms with Gasteiger partial charge in [-0.3, -0.25) is 0 Å². The summed E-state index contributed by atoms with van der Waals surface area (Å²) in [5.74, 6) is 0. The molecule has 1 nitrogen and oxygen atoms in total. The normalized spacial score (nSPS) is 10.8. The fourth-order valence-electron chi connectivity index (χ4n) is 1.34. The van der Waals surface area contributed by atoms with E-state index in [1.54, 1.807) is 0 Å². The average Bonchev–Trinajstić information content (AvgIpc) is 1.95. The molecular formula is C9H24N+. The number of hydrogen-bond acceptors (Lipinski definition) is 0. The van der Waals surface area contributed by atoms with Crippen LogP contribution in [0.4, 0.5) is 0 Å². The van der Waals surface area contributed by atoms with Gasteiger partial charge in [0.1, 0.15) is 0 Å². The van der Waals surface area contributed by atoms with E-state index in [0.717, 1.165) is 0 Å². The van der Waals surface area contributed by atoms with Gasteiger partial charge in [-0.05, 0) is 27.7 Å². The van der Waals surface area contributed by atoms with E-state index in [-0.39, 0.29) is 7.43 Å². The average molecular weight is 146 g/mol. The van der Waals surface area contributed by atoms with E-state index in [0.29, 0.717) is 0 Å². The van der Waals surface area contributed by atoms with E-state index in [1.165, 1.54) is 30.7 Å². The first-order valence-corrected chi connectivity index (χ1v) is 4.09. The van der Waals surface area contributed by atoms with Gasteiger partial charge in [0, 0.05) is 0 Å². The zero-order chi connectivity index (χ0) is 7.33. The molecule has 0 heterocycles. The van der Waals surface area contributed by atoms with Crippen molar-refractivity contribution in [1.82, 2.24) is 0 Å². The zero-order valence-electron chi connectivity index (χ0n) is 7.28. The Kier molecular flexibility index (Phi) is 7.22. The lowest BCUT2D eigenvalue weighted by atomic mass is 10.3. The molecule has 0 aliphatic rings. The lowest BCUT2D eigenvalue weighted by Gasteiger charge is -2.34. The molecule has 0 atom stereocenters. The first-order chi connectivity index (χ1) is 4.24. The highest BCUT2D eigenvalue weighted by Gasteiger charge is 2.16. The van der Waals surface area contributed by atoms with Crippen LogP contribution in [0.1, 0.15) is 35.1 Å². The van der Waals surface area contributed by atoms with Crippen LogP contribution in [0.2, 0.25) is 0 Å². The monoisotopic (exact) mass is 146 g/mol. The third-order valence-corrected chi connectivity index (χ3v) is 2.68. The smallest absolute Gasteiger partial charge is 0.0757 e. The summed E-state index contributed by atoms with van der Waals surface area (Å²) in [7, 11) is 0. The molecule has 0 aliphatic heterocycles. The van der Waals surface area contributed by atoms with Crippen LogP contribution in [0.3, 0.4) is 0 Å². The van der Waals surface area contributed by atoms with Gasteiger partial charge in [-0.2, -0.15) is 0 Å². The number of rotatable bonds is 4. The molecule has 64 valence electrons. The molecule has 0 amide bonds. The van der Waals surface area contributed by atoms with Gasteiger partial charge in [0.05, 0.1) is 26.2 Å². The minimum Gasteiger partial charge on any atom is -0.325 e. The maximum atomic E-state index is 2.27. The van der Waals surface area contributed by atoms with Crippen LogP contribution in [0.25, 0.3) is 0 Å². The second-order valence-corrected chi connectivity index (χ2v) is 2.61. The van der Waals surface area contributed by atoms with Crippen molar-refractivity contribution in [1.29, 1.82) is 0 Å². The van der Waals surface area contributed by atoms with Crippen molar-refractivity contribution >= 4 is 0 Å². The summed E-state index contributed by atoms with van der Waals surface area (Å²) in [6, 6.07) is 0. The number of hydrogen-bond donors (Lipinski definition) is 0. The molecule has 0 radical (unpaired) electrons. The van der Waals surface area contributed by atoms with Crippen LogP contribution in [0.5, 0.6) is 0 Å². The standard InChI is InChI=1S/C8H20N.CH4/c1-5-9(6-2,7-3)8-4;/h5-8H2,1-4H3;1H4/q+1;. The molecule has 0 saturated carbocycles. The highest BCUT2D eigenvalue weighted by atomic mass is 15.3. The maximum Gasteiger partial charge on any atom is 0.0757 e. The van der Waals surface area contributed by atoms with Crippen molar-refractivity contribution in [2.45, 2.75) is 35.1 Å². The van der Waals surface area contributed by atoms with Crippen molar-refractivity contribution in [3.8, 4) is 0 Å².